The number of urea groups is 1. The first kappa shape index (κ1) is 16.2. The van der Waals surface area contributed by atoms with Crippen LogP contribution in [0.5, 0.6) is 0 Å². The Bertz CT molecular complexity index is 597. The largest absolute Gasteiger partial charge is 0.352 e. The van der Waals surface area contributed by atoms with Crippen LogP contribution in [0, 0.1) is 13.8 Å². The summed E-state index contributed by atoms with van der Waals surface area (Å²) < 4.78 is 0. The van der Waals surface area contributed by atoms with Gasteiger partial charge in [-0.3, -0.25) is 4.79 Å². The minimum Gasteiger partial charge on any atom is -0.352 e. The highest BCUT2D eigenvalue weighted by Crippen LogP contribution is 2.22. The third kappa shape index (κ3) is 4.02. The fourth-order valence-corrected chi connectivity index (χ4v) is 3.93. The molecule has 3 rings (SSSR count). The first-order valence-corrected chi connectivity index (χ1v) is 9.14. The molecule has 1 atom stereocenters. The Labute approximate surface area is 140 Å². The zero-order valence-corrected chi connectivity index (χ0v) is 14.5. The summed E-state index contributed by atoms with van der Waals surface area (Å²) in [6.45, 7) is 5.23. The molecule has 0 bridgehead atoms. The lowest BCUT2D eigenvalue weighted by molar-refractivity contribution is -0.124. The minimum absolute atomic E-state index is 0.00840. The third-order valence-corrected chi connectivity index (χ3v) is 5.50. The highest BCUT2D eigenvalue weighted by atomic mass is 32.1. The van der Waals surface area contributed by atoms with Crippen molar-refractivity contribution in [2.24, 2.45) is 0 Å². The zero-order valence-electron chi connectivity index (χ0n) is 13.7. The van der Waals surface area contributed by atoms with Gasteiger partial charge in [-0.15, -0.1) is 11.3 Å². The van der Waals surface area contributed by atoms with Crippen LogP contribution in [-0.2, 0) is 11.2 Å². The maximum Gasteiger partial charge on any atom is 0.318 e. The van der Waals surface area contributed by atoms with Crippen LogP contribution in [0.15, 0.2) is 0 Å². The lowest BCUT2D eigenvalue weighted by Gasteiger charge is -2.24. The zero-order chi connectivity index (χ0) is 16.4. The van der Waals surface area contributed by atoms with Gasteiger partial charge in [-0.25, -0.2) is 9.78 Å². The van der Waals surface area contributed by atoms with Gasteiger partial charge in [0.2, 0.25) is 5.91 Å². The highest BCUT2D eigenvalue weighted by molar-refractivity contribution is 7.11. The monoisotopic (exact) mass is 336 g/mol. The highest BCUT2D eigenvalue weighted by Gasteiger charge is 2.36. The SMILES string of the molecule is Cc1nc(C)c(CCNC(=O)N2CCC[C@H]2C(=O)NC2CC2)s1. The van der Waals surface area contributed by atoms with E-state index in [1.54, 1.807) is 16.2 Å². The molecule has 0 unspecified atom stereocenters. The fourth-order valence-electron chi connectivity index (χ4n) is 3.00. The molecule has 2 N–H and O–H groups in total. The van der Waals surface area contributed by atoms with E-state index in [1.165, 1.54) is 4.88 Å². The molecule has 1 saturated heterocycles. The number of nitrogens with zero attached hydrogens (tertiary/aromatic N) is 2. The Morgan fingerprint density at radius 2 is 2.09 bits per heavy atom. The molecule has 23 heavy (non-hydrogen) atoms. The van der Waals surface area contributed by atoms with Gasteiger partial charge in [0.1, 0.15) is 6.04 Å². The molecule has 6 nitrogen and oxygen atoms in total. The number of aromatic nitrogens is 1. The van der Waals surface area contributed by atoms with Gasteiger partial charge in [0, 0.05) is 30.4 Å². The summed E-state index contributed by atoms with van der Waals surface area (Å²) in [5.41, 5.74) is 1.05. The van der Waals surface area contributed by atoms with Gasteiger partial charge in [0.05, 0.1) is 10.7 Å². The predicted molar refractivity (Wildman–Crippen MR) is 89.6 cm³/mol. The molecule has 1 aliphatic carbocycles. The number of amides is 3. The van der Waals surface area contributed by atoms with E-state index >= 15 is 0 Å². The molecule has 2 fully saturated rings. The molecule has 1 aromatic heterocycles. The van der Waals surface area contributed by atoms with Gasteiger partial charge < -0.3 is 15.5 Å². The third-order valence-electron chi connectivity index (χ3n) is 4.37. The average Bonchev–Trinajstić information content (AvgIpc) is 3.07. The lowest BCUT2D eigenvalue weighted by Crippen LogP contribution is -2.50. The van der Waals surface area contributed by atoms with Crippen LogP contribution >= 0.6 is 11.3 Å². The van der Waals surface area contributed by atoms with Crippen LogP contribution in [0.2, 0.25) is 0 Å². The quantitative estimate of drug-likeness (QED) is 0.860. The fraction of sp³-hybridized carbons (Fsp3) is 0.688. The second-order valence-corrected chi connectivity index (χ2v) is 7.65. The van der Waals surface area contributed by atoms with E-state index in [2.05, 4.69) is 15.6 Å². The van der Waals surface area contributed by atoms with Gasteiger partial charge in [0.25, 0.3) is 0 Å². The van der Waals surface area contributed by atoms with Crippen molar-refractivity contribution in [2.45, 2.75) is 58.0 Å². The van der Waals surface area contributed by atoms with Crippen molar-refractivity contribution in [2.75, 3.05) is 13.1 Å². The molecule has 1 saturated carbocycles. The molecule has 126 valence electrons. The van der Waals surface area contributed by atoms with Crippen LogP contribution in [0.25, 0.3) is 0 Å². The van der Waals surface area contributed by atoms with Gasteiger partial charge in [-0.05, 0) is 39.5 Å². The first-order valence-electron chi connectivity index (χ1n) is 8.32. The number of carbonyl (C=O) groups excluding carboxylic acids is 2. The van der Waals surface area contributed by atoms with Crippen molar-refractivity contribution in [1.82, 2.24) is 20.5 Å². The smallest absolute Gasteiger partial charge is 0.318 e. The summed E-state index contributed by atoms with van der Waals surface area (Å²) in [6.07, 6.45) is 4.58. The van der Waals surface area contributed by atoms with Gasteiger partial charge >= 0.3 is 6.03 Å². The van der Waals surface area contributed by atoms with Crippen LogP contribution < -0.4 is 10.6 Å². The standard InChI is InChI=1S/C16H24N4O2S/c1-10-14(23-11(2)18-10)7-8-17-16(22)20-9-3-4-13(20)15(21)19-12-5-6-12/h12-13H,3-9H2,1-2H3,(H,17,22)(H,19,21)/t13-/m0/s1. The predicted octanol–water partition coefficient (Wildman–Crippen LogP) is 1.76. The summed E-state index contributed by atoms with van der Waals surface area (Å²) >= 11 is 1.68. The van der Waals surface area contributed by atoms with Crippen LogP contribution in [0.1, 0.15) is 41.3 Å². The topological polar surface area (TPSA) is 74.3 Å². The molecule has 1 aromatic rings. The molecule has 0 spiro atoms. The van der Waals surface area contributed by atoms with Crippen molar-refractivity contribution >= 4 is 23.3 Å². The second kappa shape index (κ2) is 6.86. The first-order chi connectivity index (χ1) is 11.0. The average molecular weight is 336 g/mol. The summed E-state index contributed by atoms with van der Waals surface area (Å²) in [7, 11) is 0. The van der Waals surface area contributed by atoms with Crippen LogP contribution in [0.4, 0.5) is 4.79 Å². The molecular weight excluding hydrogens is 312 g/mol. The normalized spacial score (nSPS) is 20.6. The van der Waals surface area contributed by atoms with Crippen molar-refractivity contribution in [3.8, 4) is 0 Å². The Balaban J connectivity index is 1.48. The van der Waals surface area contributed by atoms with E-state index in [-0.39, 0.29) is 18.0 Å². The number of hydrogen-bond donors (Lipinski definition) is 2. The number of rotatable bonds is 5. The van der Waals surface area contributed by atoms with Gasteiger partial charge in [-0.1, -0.05) is 0 Å². The van der Waals surface area contributed by atoms with Crippen LogP contribution in [0.3, 0.4) is 0 Å². The van der Waals surface area contributed by atoms with Crippen molar-refractivity contribution in [3.63, 3.8) is 0 Å². The van der Waals surface area contributed by atoms with E-state index in [9.17, 15) is 9.59 Å². The van der Waals surface area contributed by atoms with Gasteiger partial charge in [0.15, 0.2) is 0 Å². The summed E-state index contributed by atoms with van der Waals surface area (Å²) in [6, 6.07) is -0.0918. The second-order valence-electron chi connectivity index (χ2n) is 6.36. The summed E-state index contributed by atoms with van der Waals surface area (Å²) in [5.74, 6) is 0.00840. The minimum atomic E-state index is -0.303. The molecule has 1 aliphatic heterocycles. The Morgan fingerprint density at radius 1 is 1.30 bits per heavy atom. The van der Waals surface area contributed by atoms with E-state index in [0.29, 0.717) is 19.1 Å². The molecular formula is C16H24N4O2S. The van der Waals surface area contributed by atoms with E-state index in [1.807, 2.05) is 13.8 Å². The number of thiazole rings is 1. The van der Waals surface area contributed by atoms with E-state index in [0.717, 1.165) is 42.8 Å². The van der Waals surface area contributed by atoms with Gasteiger partial charge in [-0.2, -0.15) is 0 Å². The molecule has 2 heterocycles. The number of aryl methyl sites for hydroxylation is 2. The van der Waals surface area contributed by atoms with Crippen LogP contribution in [-0.4, -0.2) is 47.0 Å². The van der Waals surface area contributed by atoms with E-state index in [4.69, 9.17) is 0 Å². The van der Waals surface area contributed by atoms with Crippen molar-refractivity contribution in [3.05, 3.63) is 15.6 Å². The Morgan fingerprint density at radius 3 is 2.74 bits per heavy atom. The number of nitrogens with one attached hydrogen (secondary N) is 2. The Kier molecular flexibility index (Phi) is 4.84. The lowest BCUT2D eigenvalue weighted by atomic mass is 10.2. The maximum absolute atomic E-state index is 12.4. The molecule has 2 aliphatic rings. The molecule has 3 amide bonds. The number of carbonyl (C=O) groups is 2. The molecule has 7 heteroatoms. The summed E-state index contributed by atoms with van der Waals surface area (Å²) in [4.78, 5) is 31.9. The van der Waals surface area contributed by atoms with Crippen molar-refractivity contribution < 1.29 is 9.59 Å². The number of likely N-dealkylation sites (tertiary alicyclic amines) is 1. The Hall–Kier alpha value is -1.63. The molecule has 0 aromatic carbocycles. The molecule has 0 radical (unpaired) electrons. The number of hydrogen-bond acceptors (Lipinski definition) is 4. The van der Waals surface area contributed by atoms with Crippen molar-refractivity contribution in [1.29, 1.82) is 0 Å². The summed E-state index contributed by atoms with van der Waals surface area (Å²) in [5, 5.41) is 7.01. The van der Waals surface area contributed by atoms with E-state index < -0.39 is 0 Å². The maximum atomic E-state index is 12.4.